The second-order valence-corrected chi connectivity index (χ2v) is 10.3. The topological polar surface area (TPSA) is 135 Å². The maximum absolute atomic E-state index is 16.0. The van der Waals surface area contributed by atoms with Crippen molar-refractivity contribution in [3.8, 4) is 23.3 Å². The molecular weight excluding hydrogens is 546 g/mol. The molecule has 0 amide bonds. The molecule has 2 saturated heterocycles. The van der Waals surface area contributed by atoms with Crippen molar-refractivity contribution in [3.63, 3.8) is 0 Å². The van der Waals surface area contributed by atoms with Crippen LogP contribution in [0, 0.1) is 5.82 Å². The van der Waals surface area contributed by atoms with Gasteiger partial charge in [0.15, 0.2) is 11.6 Å². The number of methoxy groups -OCH3 is 1. The minimum Gasteiger partial charge on any atom is -0.477 e. The van der Waals surface area contributed by atoms with Crippen LogP contribution in [0.5, 0.6) is 11.9 Å². The summed E-state index contributed by atoms with van der Waals surface area (Å²) >= 11 is 0. The van der Waals surface area contributed by atoms with E-state index in [1.807, 2.05) is 0 Å². The summed E-state index contributed by atoms with van der Waals surface area (Å²) in [6, 6.07) is 9.17. The molecule has 0 aliphatic carbocycles. The van der Waals surface area contributed by atoms with Gasteiger partial charge in [-0.25, -0.2) is 18.8 Å². The first kappa shape index (κ1) is 29.5. The number of pyridine rings is 2. The first-order valence-corrected chi connectivity index (χ1v) is 14.1. The number of hydrogen-bond donors (Lipinski definition) is 3. The molecule has 0 radical (unpaired) electrons. The number of benzene rings is 1. The van der Waals surface area contributed by atoms with E-state index in [0.29, 0.717) is 36.4 Å². The molecule has 42 heavy (non-hydrogen) atoms. The summed E-state index contributed by atoms with van der Waals surface area (Å²) < 4.78 is 39.5. The first-order chi connectivity index (χ1) is 20.3. The predicted octanol–water partition coefficient (Wildman–Crippen LogP) is 3.49. The number of rotatable bonds is 8. The average Bonchev–Trinajstić information content (AvgIpc) is 3.55. The minimum atomic E-state index is -0.745. The van der Waals surface area contributed by atoms with Crippen LogP contribution in [-0.4, -0.2) is 89.0 Å². The Morgan fingerprint density at radius 1 is 1.26 bits per heavy atom. The zero-order valence-corrected chi connectivity index (χ0v) is 24.0. The Morgan fingerprint density at radius 2 is 2.07 bits per heavy atom. The lowest BCUT2D eigenvalue weighted by molar-refractivity contribution is 0.292. The fraction of sp³-hybridized carbons (Fsp3) is 0.448. The quantitative estimate of drug-likeness (QED) is 0.265. The SMILES string of the molecule is CCOc1nc(-c2[nH]c(=O)cc3ccccc23)c(F)c2nc(OC)nc(NN(C)CCN)c12.FC1CC2CCCN2C1. The average molecular weight is 583 g/mol. The number of halogens is 2. The van der Waals surface area contributed by atoms with Gasteiger partial charge in [0.2, 0.25) is 11.4 Å². The van der Waals surface area contributed by atoms with Gasteiger partial charge in [-0.1, -0.05) is 24.3 Å². The number of fused-ring (bicyclic) bond motifs is 3. The number of aromatic nitrogens is 4. The number of nitrogens with zero attached hydrogens (tertiary/aromatic N) is 5. The molecule has 0 spiro atoms. The van der Waals surface area contributed by atoms with Gasteiger partial charge in [-0.05, 0) is 38.1 Å². The fourth-order valence-electron chi connectivity index (χ4n) is 5.56. The summed E-state index contributed by atoms with van der Waals surface area (Å²) in [7, 11) is 3.16. The lowest BCUT2D eigenvalue weighted by atomic mass is 10.1. The van der Waals surface area contributed by atoms with Crippen LogP contribution >= 0.6 is 0 Å². The normalized spacial score (nSPS) is 18.3. The summed E-state index contributed by atoms with van der Waals surface area (Å²) in [5.74, 6) is -0.379. The Morgan fingerprint density at radius 3 is 2.81 bits per heavy atom. The van der Waals surface area contributed by atoms with Crippen LogP contribution in [0.2, 0.25) is 0 Å². The molecule has 0 bridgehead atoms. The van der Waals surface area contributed by atoms with Crippen molar-refractivity contribution in [1.29, 1.82) is 0 Å². The highest BCUT2D eigenvalue weighted by Gasteiger charge is 2.34. The Balaban J connectivity index is 0.000000330. The highest BCUT2D eigenvalue weighted by Crippen LogP contribution is 2.37. The van der Waals surface area contributed by atoms with Gasteiger partial charge in [-0.3, -0.25) is 9.69 Å². The predicted molar refractivity (Wildman–Crippen MR) is 158 cm³/mol. The first-order valence-electron chi connectivity index (χ1n) is 14.1. The van der Waals surface area contributed by atoms with Gasteiger partial charge in [-0.15, -0.1) is 0 Å². The lowest BCUT2D eigenvalue weighted by Gasteiger charge is -2.20. The molecule has 2 atom stereocenters. The Hall–Kier alpha value is -3.94. The van der Waals surface area contributed by atoms with Gasteiger partial charge in [-0.2, -0.15) is 9.97 Å². The summed E-state index contributed by atoms with van der Waals surface area (Å²) in [4.78, 5) is 30.3. The zero-order chi connectivity index (χ0) is 29.8. The van der Waals surface area contributed by atoms with Crippen LogP contribution in [0.25, 0.3) is 33.1 Å². The van der Waals surface area contributed by atoms with Crippen molar-refractivity contribution in [2.75, 3.05) is 52.4 Å². The van der Waals surface area contributed by atoms with Crippen LogP contribution in [0.1, 0.15) is 26.2 Å². The van der Waals surface area contributed by atoms with Gasteiger partial charge in [0.25, 0.3) is 0 Å². The molecule has 6 rings (SSSR count). The largest absolute Gasteiger partial charge is 0.477 e. The number of anilines is 1. The summed E-state index contributed by atoms with van der Waals surface area (Å²) in [6.07, 6.45) is 2.81. The number of hydrogen-bond acceptors (Lipinski definition) is 10. The van der Waals surface area contributed by atoms with E-state index < -0.39 is 12.0 Å². The molecule has 11 nitrogen and oxygen atoms in total. The summed E-state index contributed by atoms with van der Waals surface area (Å²) in [5.41, 5.74) is 8.38. The molecule has 13 heteroatoms. The molecule has 2 aliphatic rings. The molecule has 3 aromatic heterocycles. The number of H-pyrrole nitrogens is 1. The zero-order valence-electron chi connectivity index (χ0n) is 24.0. The molecule has 224 valence electrons. The number of aromatic amines is 1. The van der Waals surface area contributed by atoms with E-state index in [-0.39, 0.29) is 52.2 Å². The Labute approximate surface area is 242 Å². The monoisotopic (exact) mass is 582 g/mol. The second-order valence-electron chi connectivity index (χ2n) is 10.3. The molecule has 2 aliphatic heterocycles. The van der Waals surface area contributed by atoms with E-state index in [9.17, 15) is 9.18 Å². The molecule has 5 heterocycles. The van der Waals surface area contributed by atoms with E-state index in [4.69, 9.17) is 15.2 Å². The Kier molecular flexibility index (Phi) is 9.09. The summed E-state index contributed by atoms with van der Waals surface area (Å²) in [6.45, 7) is 4.81. The number of ether oxygens (including phenoxy) is 2. The third-order valence-corrected chi connectivity index (χ3v) is 7.42. The highest BCUT2D eigenvalue weighted by molar-refractivity contribution is 5.99. The van der Waals surface area contributed by atoms with Crippen LogP contribution in [-0.2, 0) is 0 Å². The number of hydrazine groups is 1. The lowest BCUT2D eigenvalue weighted by Crippen LogP contribution is -2.31. The van der Waals surface area contributed by atoms with Crippen LogP contribution < -0.4 is 26.2 Å². The van der Waals surface area contributed by atoms with Gasteiger partial charge >= 0.3 is 6.01 Å². The Bertz CT molecular complexity index is 1610. The molecule has 0 saturated carbocycles. The van der Waals surface area contributed by atoms with Crippen molar-refractivity contribution in [2.24, 2.45) is 5.73 Å². The van der Waals surface area contributed by atoms with E-state index in [1.165, 1.54) is 26.0 Å². The maximum atomic E-state index is 16.0. The third kappa shape index (κ3) is 6.13. The van der Waals surface area contributed by atoms with Crippen LogP contribution in [0.15, 0.2) is 35.1 Å². The van der Waals surface area contributed by atoms with E-state index in [0.717, 1.165) is 13.0 Å². The van der Waals surface area contributed by atoms with Crippen molar-refractivity contribution in [1.82, 2.24) is 29.8 Å². The summed E-state index contributed by atoms with van der Waals surface area (Å²) in [5, 5.41) is 3.23. The number of alkyl halides is 1. The number of likely N-dealkylation sites (N-methyl/N-ethyl adjacent to an activating group) is 1. The van der Waals surface area contributed by atoms with Crippen molar-refractivity contribution in [3.05, 3.63) is 46.5 Å². The molecule has 4 aromatic rings. The van der Waals surface area contributed by atoms with E-state index in [1.54, 1.807) is 43.2 Å². The third-order valence-electron chi connectivity index (χ3n) is 7.42. The molecule has 2 fully saturated rings. The molecule has 2 unspecified atom stereocenters. The molecular formula is C29H36F2N8O3. The standard InChI is InChI=1S/C22H24FN7O3.C7H12FN/c1-4-33-21-15-18(27-22(32-3)28-20(15)29-30(2)10-9-24)16(23)19(26-21)17-13-8-6-5-7-12(13)11-14(31)25-17;8-6-4-7-2-1-3-9(7)5-6/h5-8,11H,4,9-10,24H2,1-3H3,(H,25,31)(H,27,28,29);6-7H,1-5H2. The van der Waals surface area contributed by atoms with E-state index >= 15 is 4.39 Å². The van der Waals surface area contributed by atoms with Gasteiger partial charge in [0, 0.05) is 44.2 Å². The highest BCUT2D eigenvalue weighted by atomic mass is 19.1. The number of nitrogens with one attached hydrogen (secondary N) is 2. The number of nitrogens with two attached hydrogens (primary N) is 1. The molecule has 4 N–H and O–H groups in total. The van der Waals surface area contributed by atoms with Crippen molar-refractivity contribution in [2.45, 2.75) is 38.4 Å². The minimum absolute atomic E-state index is 0.0453. The second kappa shape index (κ2) is 12.9. The molecule has 1 aromatic carbocycles. The van der Waals surface area contributed by atoms with Crippen LogP contribution in [0.4, 0.5) is 14.6 Å². The fourth-order valence-corrected chi connectivity index (χ4v) is 5.56. The maximum Gasteiger partial charge on any atom is 0.318 e. The van der Waals surface area contributed by atoms with E-state index in [2.05, 4.69) is 30.3 Å². The smallest absolute Gasteiger partial charge is 0.318 e. The van der Waals surface area contributed by atoms with Crippen LogP contribution in [0.3, 0.4) is 0 Å². The van der Waals surface area contributed by atoms with Gasteiger partial charge in [0.1, 0.15) is 22.8 Å². The van der Waals surface area contributed by atoms with Gasteiger partial charge < -0.3 is 25.6 Å². The van der Waals surface area contributed by atoms with Crippen molar-refractivity contribution >= 4 is 27.5 Å². The van der Waals surface area contributed by atoms with Gasteiger partial charge in [0.05, 0.1) is 19.4 Å². The van der Waals surface area contributed by atoms with Crippen molar-refractivity contribution < 1.29 is 18.3 Å².